The maximum Gasteiger partial charge on any atom is 0.251 e. The Morgan fingerprint density at radius 2 is 2.10 bits per heavy atom. The third-order valence-electron chi connectivity index (χ3n) is 3.12. The fraction of sp³-hybridized carbons (Fsp3) is 0.438. The summed E-state index contributed by atoms with van der Waals surface area (Å²) in [4.78, 5) is 12.2. The molecule has 0 spiro atoms. The van der Waals surface area contributed by atoms with Crippen molar-refractivity contribution in [1.29, 1.82) is 0 Å². The summed E-state index contributed by atoms with van der Waals surface area (Å²) in [7, 11) is 1.55. The first-order chi connectivity index (χ1) is 9.43. The number of nitrogens with one attached hydrogen (secondary N) is 1. The zero-order valence-electron chi connectivity index (χ0n) is 12.7. The molecule has 0 aliphatic rings. The number of carbonyl (C=O) groups excluding carboxylic acids is 1. The average molecular weight is 277 g/mol. The molecule has 0 heterocycles. The Hall–Kier alpha value is -1.97. The second kappa shape index (κ2) is 6.98. The van der Waals surface area contributed by atoms with Crippen LogP contribution >= 0.6 is 0 Å². The minimum Gasteiger partial charge on any atom is -0.493 e. The Labute approximate surface area is 120 Å². The van der Waals surface area contributed by atoms with Gasteiger partial charge in [-0.05, 0) is 38.5 Å². The van der Waals surface area contributed by atoms with Gasteiger partial charge >= 0.3 is 0 Å². The molecule has 0 saturated heterocycles. The second-order valence-corrected chi connectivity index (χ2v) is 5.16. The van der Waals surface area contributed by atoms with Crippen LogP contribution in [0.1, 0.15) is 37.6 Å². The maximum absolute atomic E-state index is 12.2. The summed E-state index contributed by atoms with van der Waals surface area (Å²) in [5.74, 6) is 1.01. The van der Waals surface area contributed by atoms with Crippen molar-refractivity contribution in [3.8, 4) is 11.5 Å². The first-order valence-corrected chi connectivity index (χ1v) is 6.67. The van der Waals surface area contributed by atoms with Gasteiger partial charge in [0.25, 0.3) is 5.91 Å². The van der Waals surface area contributed by atoms with Crippen molar-refractivity contribution < 1.29 is 14.3 Å². The topological polar surface area (TPSA) is 47.6 Å². The van der Waals surface area contributed by atoms with Gasteiger partial charge in [0.15, 0.2) is 11.5 Å². The number of benzene rings is 1. The monoisotopic (exact) mass is 277 g/mol. The summed E-state index contributed by atoms with van der Waals surface area (Å²) in [5.41, 5.74) is 0.317. The van der Waals surface area contributed by atoms with Crippen molar-refractivity contribution in [2.75, 3.05) is 13.7 Å². The summed E-state index contributed by atoms with van der Waals surface area (Å²) in [6, 6.07) is 5.14. The van der Waals surface area contributed by atoms with Crippen LogP contribution in [0.5, 0.6) is 11.5 Å². The normalized spacial score (nSPS) is 10.8. The van der Waals surface area contributed by atoms with E-state index in [1.807, 2.05) is 20.8 Å². The van der Waals surface area contributed by atoms with Gasteiger partial charge in [0, 0.05) is 11.1 Å². The lowest BCUT2D eigenvalue weighted by atomic mass is 10.0. The fourth-order valence-corrected chi connectivity index (χ4v) is 1.54. The molecule has 1 aromatic carbocycles. The van der Waals surface area contributed by atoms with Gasteiger partial charge in [0.05, 0.1) is 7.11 Å². The molecule has 0 unspecified atom stereocenters. The van der Waals surface area contributed by atoms with E-state index in [9.17, 15) is 4.79 Å². The van der Waals surface area contributed by atoms with Crippen LogP contribution in [0.3, 0.4) is 0 Å². The molecule has 4 nitrogen and oxygen atoms in total. The third kappa shape index (κ3) is 4.30. The highest BCUT2D eigenvalue weighted by Crippen LogP contribution is 2.28. The van der Waals surface area contributed by atoms with Gasteiger partial charge in [-0.15, -0.1) is 0 Å². The number of methoxy groups -OCH3 is 1. The Kier molecular flexibility index (Phi) is 5.62. The molecule has 0 aliphatic carbocycles. The molecule has 0 aliphatic heterocycles. The van der Waals surface area contributed by atoms with Gasteiger partial charge in [-0.1, -0.05) is 19.6 Å². The quantitative estimate of drug-likeness (QED) is 0.779. The summed E-state index contributed by atoms with van der Waals surface area (Å²) >= 11 is 0. The lowest BCUT2D eigenvalue weighted by Gasteiger charge is -2.24. The van der Waals surface area contributed by atoms with Crippen molar-refractivity contribution in [2.45, 2.75) is 32.7 Å². The molecule has 0 saturated carbocycles. The lowest BCUT2D eigenvalue weighted by Crippen LogP contribution is -2.42. The van der Waals surface area contributed by atoms with Crippen LogP contribution in [-0.4, -0.2) is 25.2 Å². The van der Waals surface area contributed by atoms with E-state index in [-0.39, 0.29) is 11.4 Å². The number of ether oxygens (including phenoxy) is 2. The first kappa shape index (κ1) is 16.1. The molecular formula is C16H23NO3. The molecule has 0 bridgehead atoms. The SMILES string of the molecule is C=CCOc1ccc(C(=O)NC(C)(C)CC)cc1OC. The standard InChI is InChI=1S/C16H23NO3/c1-6-10-20-13-9-8-12(11-14(13)19-5)15(18)17-16(3,4)7-2/h6,8-9,11H,1,7,10H2,2-5H3,(H,17,18). The number of amides is 1. The van der Waals surface area contributed by atoms with Gasteiger partial charge in [0.1, 0.15) is 6.61 Å². The summed E-state index contributed by atoms with van der Waals surface area (Å²) in [5, 5.41) is 2.98. The molecule has 0 radical (unpaired) electrons. The molecule has 1 rings (SSSR count). The molecular weight excluding hydrogens is 254 g/mol. The van der Waals surface area contributed by atoms with Crippen LogP contribution in [0, 0.1) is 0 Å². The van der Waals surface area contributed by atoms with Crippen LogP contribution in [0.25, 0.3) is 0 Å². The minimum absolute atomic E-state index is 0.120. The summed E-state index contributed by atoms with van der Waals surface area (Å²) in [6.07, 6.45) is 2.51. The smallest absolute Gasteiger partial charge is 0.251 e. The van der Waals surface area contributed by atoms with E-state index in [1.165, 1.54) is 0 Å². The molecule has 20 heavy (non-hydrogen) atoms. The van der Waals surface area contributed by atoms with Crippen molar-refractivity contribution in [3.05, 3.63) is 36.4 Å². The van der Waals surface area contributed by atoms with Crippen molar-refractivity contribution in [2.24, 2.45) is 0 Å². The Balaban J connectivity index is 2.92. The molecule has 1 N–H and O–H groups in total. The van der Waals surface area contributed by atoms with E-state index < -0.39 is 0 Å². The molecule has 0 aromatic heterocycles. The van der Waals surface area contributed by atoms with Crippen LogP contribution in [0.2, 0.25) is 0 Å². The minimum atomic E-state index is -0.234. The lowest BCUT2D eigenvalue weighted by molar-refractivity contribution is 0.0911. The molecule has 0 atom stereocenters. The second-order valence-electron chi connectivity index (χ2n) is 5.16. The number of hydrogen-bond donors (Lipinski definition) is 1. The van der Waals surface area contributed by atoms with Crippen LogP contribution < -0.4 is 14.8 Å². The van der Waals surface area contributed by atoms with Crippen molar-refractivity contribution in [3.63, 3.8) is 0 Å². The highest BCUT2D eigenvalue weighted by atomic mass is 16.5. The third-order valence-corrected chi connectivity index (χ3v) is 3.12. The van der Waals surface area contributed by atoms with Gasteiger partial charge < -0.3 is 14.8 Å². The molecule has 110 valence electrons. The highest BCUT2D eigenvalue weighted by molar-refractivity contribution is 5.95. The van der Waals surface area contributed by atoms with E-state index in [4.69, 9.17) is 9.47 Å². The molecule has 1 aromatic rings. The Bertz CT molecular complexity index is 481. The fourth-order valence-electron chi connectivity index (χ4n) is 1.54. The Morgan fingerprint density at radius 3 is 2.65 bits per heavy atom. The highest BCUT2D eigenvalue weighted by Gasteiger charge is 2.19. The van der Waals surface area contributed by atoms with Gasteiger partial charge in [-0.25, -0.2) is 0 Å². The van der Waals surface area contributed by atoms with Crippen molar-refractivity contribution >= 4 is 5.91 Å². The van der Waals surface area contributed by atoms with Crippen LogP contribution in [-0.2, 0) is 0 Å². The maximum atomic E-state index is 12.2. The first-order valence-electron chi connectivity index (χ1n) is 6.67. The Morgan fingerprint density at radius 1 is 1.40 bits per heavy atom. The average Bonchev–Trinajstić information content (AvgIpc) is 2.44. The van der Waals surface area contributed by atoms with E-state index in [0.717, 1.165) is 6.42 Å². The largest absolute Gasteiger partial charge is 0.493 e. The number of hydrogen-bond acceptors (Lipinski definition) is 3. The molecule has 0 fully saturated rings. The van der Waals surface area contributed by atoms with E-state index in [0.29, 0.717) is 23.7 Å². The van der Waals surface area contributed by atoms with Gasteiger partial charge in [0.2, 0.25) is 0 Å². The molecule has 4 heteroatoms. The molecule has 1 amide bonds. The van der Waals surface area contributed by atoms with Crippen LogP contribution in [0.4, 0.5) is 0 Å². The zero-order valence-corrected chi connectivity index (χ0v) is 12.7. The summed E-state index contributed by atoms with van der Waals surface area (Å²) < 4.78 is 10.7. The van der Waals surface area contributed by atoms with E-state index >= 15 is 0 Å². The summed E-state index contributed by atoms with van der Waals surface area (Å²) in [6.45, 7) is 10.0. The van der Waals surface area contributed by atoms with Crippen LogP contribution in [0.15, 0.2) is 30.9 Å². The predicted molar refractivity (Wildman–Crippen MR) is 80.5 cm³/mol. The van der Waals surface area contributed by atoms with E-state index in [1.54, 1.807) is 31.4 Å². The van der Waals surface area contributed by atoms with E-state index in [2.05, 4.69) is 11.9 Å². The number of carbonyl (C=O) groups is 1. The van der Waals surface area contributed by atoms with Gasteiger partial charge in [-0.2, -0.15) is 0 Å². The van der Waals surface area contributed by atoms with Crippen molar-refractivity contribution in [1.82, 2.24) is 5.32 Å². The van der Waals surface area contributed by atoms with Gasteiger partial charge in [-0.3, -0.25) is 4.79 Å². The number of rotatable bonds is 7. The predicted octanol–water partition coefficient (Wildman–Crippen LogP) is 3.18. The zero-order chi connectivity index (χ0) is 15.2.